The standard InChI is InChI=1S/C10H16N2O.C3H8.CH4O.FH/c1-10(2)5-3-7-12(8-10)9(13)4-6-11;1-3-2;1-2;/h3-5,7-8H2,1-2H3;3H2,1-2H3;2H,1H3;1H. The molecule has 0 aliphatic carbocycles. The second-order valence-electron chi connectivity index (χ2n) is 5.13. The van der Waals surface area contributed by atoms with Crippen molar-refractivity contribution in [1.82, 2.24) is 4.90 Å². The molecular formula is C14H29FN2O2. The fourth-order valence-corrected chi connectivity index (χ4v) is 1.82. The van der Waals surface area contributed by atoms with Gasteiger partial charge in [-0.25, -0.2) is 0 Å². The van der Waals surface area contributed by atoms with E-state index < -0.39 is 0 Å². The van der Waals surface area contributed by atoms with Gasteiger partial charge in [-0.1, -0.05) is 34.1 Å². The van der Waals surface area contributed by atoms with Gasteiger partial charge in [-0.2, -0.15) is 5.26 Å². The van der Waals surface area contributed by atoms with E-state index in [0.717, 1.165) is 26.6 Å². The van der Waals surface area contributed by atoms with E-state index in [0.29, 0.717) is 0 Å². The molecule has 1 aliphatic heterocycles. The van der Waals surface area contributed by atoms with E-state index in [1.807, 2.05) is 11.0 Å². The number of carbonyl (C=O) groups excluding carboxylic acids is 1. The molecular weight excluding hydrogens is 247 g/mol. The number of piperidine rings is 1. The molecule has 19 heavy (non-hydrogen) atoms. The summed E-state index contributed by atoms with van der Waals surface area (Å²) in [5.41, 5.74) is 0.226. The van der Waals surface area contributed by atoms with Gasteiger partial charge in [-0.15, -0.1) is 0 Å². The lowest BCUT2D eigenvalue weighted by Crippen LogP contribution is -2.43. The van der Waals surface area contributed by atoms with Crippen molar-refractivity contribution in [2.24, 2.45) is 5.41 Å². The van der Waals surface area contributed by atoms with Gasteiger partial charge in [-0.05, 0) is 18.3 Å². The topological polar surface area (TPSA) is 64.3 Å². The van der Waals surface area contributed by atoms with Crippen LogP contribution in [0, 0.1) is 16.7 Å². The average molecular weight is 276 g/mol. The molecule has 0 atom stereocenters. The Kier molecular flexibility index (Phi) is 16.1. The summed E-state index contributed by atoms with van der Waals surface area (Å²) in [4.78, 5) is 13.2. The molecule has 0 aromatic heterocycles. The Morgan fingerprint density at radius 2 is 1.84 bits per heavy atom. The Morgan fingerprint density at radius 1 is 1.37 bits per heavy atom. The zero-order valence-corrected chi connectivity index (χ0v) is 12.9. The fourth-order valence-electron chi connectivity index (χ4n) is 1.82. The Labute approximate surface area is 116 Å². The van der Waals surface area contributed by atoms with Crippen LogP contribution >= 0.6 is 0 Å². The van der Waals surface area contributed by atoms with Crippen molar-refractivity contribution >= 4 is 5.91 Å². The quantitative estimate of drug-likeness (QED) is 0.801. The van der Waals surface area contributed by atoms with Gasteiger partial charge in [0.05, 0.1) is 6.07 Å². The fraction of sp³-hybridized carbons (Fsp3) is 0.857. The van der Waals surface area contributed by atoms with Crippen LogP contribution in [0.25, 0.3) is 0 Å². The van der Waals surface area contributed by atoms with Gasteiger partial charge in [0.25, 0.3) is 0 Å². The Balaban J connectivity index is -0.000000376. The summed E-state index contributed by atoms with van der Waals surface area (Å²) in [6.07, 6.45) is 3.50. The van der Waals surface area contributed by atoms with E-state index in [2.05, 4.69) is 27.7 Å². The van der Waals surface area contributed by atoms with Crippen LogP contribution in [0.1, 0.15) is 53.4 Å². The second-order valence-corrected chi connectivity index (χ2v) is 5.13. The summed E-state index contributed by atoms with van der Waals surface area (Å²) in [5, 5.41) is 15.4. The van der Waals surface area contributed by atoms with Gasteiger partial charge in [0.1, 0.15) is 6.42 Å². The predicted octanol–water partition coefficient (Wildman–Crippen LogP) is 2.73. The van der Waals surface area contributed by atoms with Crippen LogP contribution in [0.2, 0.25) is 0 Å². The normalized spacial score (nSPS) is 15.5. The largest absolute Gasteiger partial charge is 0.400 e. The van der Waals surface area contributed by atoms with Crippen LogP contribution in [0.4, 0.5) is 4.70 Å². The molecule has 1 amide bonds. The lowest BCUT2D eigenvalue weighted by Gasteiger charge is -2.37. The van der Waals surface area contributed by atoms with Gasteiger partial charge in [0.15, 0.2) is 0 Å². The highest BCUT2D eigenvalue weighted by Gasteiger charge is 2.28. The summed E-state index contributed by atoms with van der Waals surface area (Å²) < 4.78 is 0. The van der Waals surface area contributed by atoms with Crippen LogP contribution < -0.4 is 0 Å². The number of amides is 1. The van der Waals surface area contributed by atoms with Crippen molar-refractivity contribution in [2.75, 3.05) is 20.2 Å². The molecule has 1 rings (SSSR count). The van der Waals surface area contributed by atoms with Crippen LogP contribution in [0.5, 0.6) is 0 Å². The number of aliphatic hydroxyl groups is 1. The first-order chi connectivity index (χ1) is 8.46. The molecule has 0 aromatic rings. The summed E-state index contributed by atoms with van der Waals surface area (Å²) in [5.74, 6) is -0.0183. The number of nitrogens with zero attached hydrogens (tertiary/aromatic N) is 2. The molecule has 0 spiro atoms. The molecule has 1 saturated heterocycles. The van der Waals surface area contributed by atoms with E-state index in [-0.39, 0.29) is 22.4 Å². The molecule has 4 nitrogen and oxygen atoms in total. The first-order valence-electron chi connectivity index (χ1n) is 6.56. The van der Waals surface area contributed by atoms with Crippen molar-refractivity contribution in [3.05, 3.63) is 0 Å². The highest BCUT2D eigenvalue weighted by atomic mass is 19.0. The molecule has 1 N–H and O–H groups in total. The molecule has 0 unspecified atom stereocenters. The third-order valence-electron chi connectivity index (χ3n) is 2.48. The molecule has 0 radical (unpaired) electrons. The maximum Gasteiger partial charge on any atom is 0.236 e. The van der Waals surface area contributed by atoms with Crippen molar-refractivity contribution in [3.8, 4) is 6.07 Å². The Hall–Kier alpha value is -1.15. The maximum atomic E-state index is 11.4. The van der Waals surface area contributed by atoms with Crippen molar-refractivity contribution in [1.29, 1.82) is 5.26 Å². The minimum Gasteiger partial charge on any atom is -0.400 e. The van der Waals surface area contributed by atoms with E-state index in [1.165, 1.54) is 12.8 Å². The highest BCUT2D eigenvalue weighted by molar-refractivity contribution is 5.78. The summed E-state index contributed by atoms with van der Waals surface area (Å²) in [7, 11) is 1.00. The van der Waals surface area contributed by atoms with Crippen molar-refractivity contribution in [2.45, 2.75) is 53.4 Å². The van der Waals surface area contributed by atoms with Crippen LogP contribution in [0.15, 0.2) is 0 Å². The molecule has 0 aromatic carbocycles. The zero-order valence-electron chi connectivity index (χ0n) is 12.9. The number of carbonyl (C=O) groups is 1. The number of hydrogen-bond donors (Lipinski definition) is 1. The molecule has 1 heterocycles. The van der Waals surface area contributed by atoms with Crippen LogP contribution in [0.3, 0.4) is 0 Å². The van der Waals surface area contributed by atoms with Crippen molar-refractivity contribution < 1.29 is 14.6 Å². The smallest absolute Gasteiger partial charge is 0.236 e. The predicted molar refractivity (Wildman–Crippen MR) is 76.4 cm³/mol. The van der Waals surface area contributed by atoms with E-state index in [9.17, 15) is 4.79 Å². The summed E-state index contributed by atoms with van der Waals surface area (Å²) >= 11 is 0. The second kappa shape index (κ2) is 13.3. The lowest BCUT2D eigenvalue weighted by molar-refractivity contribution is -0.133. The van der Waals surface area contributed by atoms with Crippen molar-refractivity contribution in [3.63, 3.8) is 0 Å². The number of halogens is 1. The number of hydrogen-bond acceptors (Lipinski definition) is 3. The zero-order chi connectivity index (χ0) is 14.6. The third-order valence-corrected chi connectivity index (χ3v) is 2.48. The minimum absolute atomic E-state index is 0. The molecule has 0 bridgehead atoms. The molecule has 114 valence electrons. The third kappa shape index (κ3) is 11.7. The summed E-state index contributed by atoms with van der Waals surface area (Å²) in [6.45, 7) is 10.2. The molecule has 1 aliphatic rings. The first kappa shape index (κ1) is 23.0. The Morgan fingerprint density at radius 3 is 2.21 bits per heavy atom. The number of aliphatic hydroxyl groups excluding tert-OH is 1. The Bertz CT molecular complexity index is 263. The molecule has 5 heteroatoms. The molecule has 0 saturated carbocycles. The van der Waals surface area contributed by atoms with E-state index >= 15 is 0 Å². The minimum atomic E-state index is -0.0183. The number of nitriles is 1. The summed E-state index contributed by atoms with van der Waals surface area (Å²) in [6, 6.07) is 1.90. The molecule has 1 fully saturated rings. The van der Waals surface area contributed by atoms with Gasteiger partial charge < -0.3 is 10.0 Å². The van der Waals surface area contributed by atoms with Crippen LogP contribution in [-0.2, 0) is 4.79 Å². The van der Waals surface area contributed by atoms with Gasteiger partial charge in [-0.3, -0.25) is 9.50 Å². The van der Waals surface area contributed by atoms with Crippen LogP contribution in [-0.4, -0.2) is 36.1 Å². The monoisotopic (exact) mass is 276 g/mol. The number of likely N-dealkylation sites (tertiary alicyclic amines) is 1. The SMILES string of the molecule is CC1(C)CCCN(C(=O)CC#N)C1.CCC.CO.F. The van der Waals surface area contributed by atoms with E-state index in [4.69, 9.17) is 10.4 Å². The first-order valence-corrected chi connectivity index (χ1v) is 6.56. The maximum absolute atomic E-state index is 11.4. The lowest BCUT2D eigenvalue weighted by atomic mass is 9.84. The van der Waals surface area contributed by atoms with E-state index in [1.54, 1.807) is 0 Å². The van der Waals surface area contributed by atoms with Gasteiger partial charge >= 0.3 is 0 Å². The van der Waals surface area contributed by atoms with Gasteiger partial charge in [0.2, 0.25) is 5.91 Å². The van der Waals surface area contributed by atoms with Gasteiger partial charge in [0, 0.05) is 20.2 Å². The number of rotatable bonds is 1. The highest BCUT2D eigenvalue weighted by Crippen LogP contribution is 2.28. The average Bonchev–Trinajstić information content (AvgIpc) is 2.32.